The normalized spacial score (nSPS) is 16.1. The number of methoxy groups -OCH3 is 1. The Morgan fingerprint density at radius 3 is 2.51 bits per heavy atom. The van der Waals surface area contributed by atoms with E-state index in [1.807, 2.05) is 53.8 Å². The van der Waals surface area contributed by atoms with Crippen LogP contribution in [0.25, 0.3) is 0 Å². The van der Waals surface area contributed by atoms with E-state index in [9.17, 15) is 18.8 Å². The topological polar surface area (TPSA) is 87.7 Å². The molecule has 1 saturated heterocycles. The molecule has 0 aromatic heterocycles. The molecule has 1 aliphatic heterocycles. The van der Waals surface area contributed by atoms with Crippen LogP contribution in [-0.2, 0) is 16.0 Å². The van der Waals surface area contributed by atoms with Crippen LogP contribution in [0.15, 0.2) is 66.7 Å². The van der Waals surface area contributed by atoms with E-state index in [0.717, 1.165) is 16.0 Å². The number of urea groups is 1. The summed E-state index contributed by atoms with van der Waals surface area (Å²) in [6, 6.07) is 15.7. The lowest BCUT2D eigenvalue weighted by Gasteiger charge is -2.25. The van der Waals surface area contributed by atoms with Crippen molar-refractivity contribution in [2.24, 2.45) is 0 Å². The Morgan fingerprint density at radius 1 is 1.14 bits per heavy atom. The highest BCUT2D eigenvalue weighted by Gasteiger charge is 2.45. The summed E-state index contributed by atoms with van der Waals surface area (Å²) in [5.74, 6) is -1.21. The van der Waals surface area contributed by atoms with Crippen molar-refractivity contribution in [2.45, 2.75) is 25.4 Å². The molecule has 1 unspecified atom stereocenters. The molecular weight excluding hydrogens is 564 g/mol. The lowest BCUT2D eigenvalue weighted by Crippen LogP contribution is -2.49. The first-order valence-electron chi connectivity index (χ1n) is 10.9. The molecule has 4 rings (SSSR count). The Balaban J connectivity index is 1.66. The highest BCUT2D eigenvalue weighted by Crippen LogP contribution is 2.28. The fourth-order valence-corrected chi connectivity index (χ4v) is 4.42. The Hall–Kier alpha value is -3.47. The molecule has 7 nitrogen and oxygen atoms in total. The number of anilines is 1. The fourth-order valence-electron chi connectivity index (χ4n) is 3.97. The van der Waals surface area contributed by atoms with E-state index < -0.39 is 35.7 Å². The van der Waals surface area contributed by atoms with Crippen molar-refractivity contribution in [1.82, 2.24) is 10.2 Å². The molecule has 3 aromatic carbocycles. The smallest absolute Gasteiger partial charge is 0.325 e. The number of ether oxygens (including phenoxy) is 1. The predicted octanol–water partition coefficient (Wildman–Crippen LogP) is 4.59. The van der Waals surface area contributed by atoms with Crippen LogP contribution in [0.3, 0.4) is 0 Å². The second-order valence-electron chi connectivity index (χ2n) is 8.12. The molecule has 1 heterocycles. The molecule has 0 spiro atoms. The van der Waals surface area contributed by atoms with Crippen LogP contribution >= 0.6 is 22.6 Å². The number of carbonyl (C=O) groups excluding carboxylic acids is 3. The highest BCUT2D eigenvalue weighted by atomic mass is 127. The number of imide groups is 1. The van der Waals surface area contributed by atoms with Gasteiger partial charge in [0.15, 0.2) is 0 Å². The van der Waals surface area contributed by atoms with E-state index in [1.165, 1.54) is 19.2 Å². The van der Waals surface area contributed by atoms with Crippen molar-refractivity contribution in [3.8, 4) is 5.75 Å². The zero-order valence-corrected chi connectivity index (χ0v) is 21.2. The number of benzene rings is 3. The minimum atomic E-state index is -1.19. The zero-order valence-electron chi connectivity index (χ0n) is 19.0. The Bertz CT molecular complexity index is 1280. The Morgan fingerprint density at radius 2 is 1.86 bits per heavy atom. The Labute approximate surface area is 215 Å². The maximum absolute atomic E-state index is 14.5. The van der Waals surface area contributed by atoms with Gasteiger partial charge in [-0.3, -0.25) is 9.59 Å². The molecule has 9 heteroatoms. The van der Waals surface area contributed by atoms with E-state index in [4.69, 9.17) is 4.74 Å². The van der Waals surface area contributed by atoms with Gasteiger partial charge in [-0.15, -0.1) is 0 Å². The van der Waals surface area contributed by atoms with E-state index in [0.29, 0.717) is 14.9 Å². The van der Waals surface area contributed by atoms with Gasteiger partial charge in [0.25, 0.3) is 5.91 Å². The van der Waals surface area contributed by atoms with Gasteiger partial charge in [0, 0.05) is 9.99 Å². The van der Waals surface area contributed by atoms with Crippen molar-refractivity contribution in [3.63, 3.8) is 0 Å². The minimum Gasteiger partial charge on any atom is -0.497 e. The van der Waals surface area contributed by atoms with Crippen molar-refractivity contribution in [3.05, 3.63) is 92.8 Å². The number of amides is 4. The maximum Gasteiger partial charge on any atom is 0.325 e. The summed E-state index contributed by atoms with van der Waals surface area (Å²) in [5.41, 5.74) is 2.24. The second kappa shape index (κ2) is 10.4. The molecule has 0 radical (unpaired) electrons. The SMILES string of the molecule is COc1ccc([C@H]2NC(=O)N(C(Cc3ccccc3C)C(=O)Nc3ccc(I)cc3F)C2=O)cc1. The first-order chi connectivity index (χ1) is 16.8. The first-order valence-corrected chi connectivity index (χ1v) is 11.9. The van der Waals surface area contributed by atoms with Crippen LogP contribution in [0.2, 0.25) is 0 Å². The molecule has 35 heavy (non-hydrogen) atoms. The summed E-state index contributed by atoms with van der Waals surface area (Å²) in [5, 5.41) is 5.22. The molecular formula is C26H23FIN3O4. The van der Waals surface area contributed by atoms with Crippen LogP contribution in [0.5, 0.6) is 5.75 Å². The predicted molar refractivity (Wildman–Crippen MR) is 138 cm³/mol. The first kappa shape index (κ1) is 24.6. The standard InChI is InChI=1S/C26H23FIN3O4/c1-15-5-3-4-6-17(15)13-22(24(32)29-21-12-9-18(28)14-20(21)27)31-25(33)23(30-26(31)34)16-7-10-19(35-2)11-8-16/h3-12,14,22-23H,13H2,1-2H3,(H,29,32)(H,30,34)/t22?,23-/m1/s1. The molecule has 1 fully saturated rings. The van der Waals surface area contributed by atoms with Gasteiger partial charge in [-0.25, -0.2) is 14.1 Å². The van der Waals surface area contributed by atoms with E-state index in [2.05, 4.69) is 10.6 Å². The third-order valence-corrected chi connectivity index (χ3v) is 6.57. The second-order valence-corrected chi connectivity index (χ2v) is 9.37. The summed E-state index contributed by atoms with van der Waals surface area (Å²) < 4.78 is 20.3. The minimum absolute atomic E-state index is 0.0241. The quantitative estimate of drug-likeness (QED) is 0.313. The molecule has 4 amide bonds. The van der Waals surface area contributed by atoms with Gasteiger partial charge in [0.1, 0.15) is 23.7 Å². The van der Waals surface area contributed by atoms with E-state index in [1.54, 1.807) is 30.3 Å². The average Bonchev–Trinajstić information content (AvgIpc) is 3.14. The van der Waals surface area contributed by atoms with Gasteiger partial charge < -0.3 is 15.4 Å². The summed E-state index contributed by atoms with van der Waals surface area (Å²) in [7, 11) is 1.53. The fraction of sp³-hybridized carbons (Fsp3) is 0.192. The van der Waals surface area contributed by atoms with Crippen molar-refractivity contribution < 1.29 is 23.5 Å². The van der Waals surface area contributed by atoms with Crippen molar-refractivity contribution >= 4 is 46.1 Å². The third-order valence-electron chi connectivity index (χ3n) is 5.90. The van der Waals surface area contributed by atoms with Crippen LogP contribution in [0, 0.1) is 16.3 Å². The summed E-state index contributed by atoms with van der Waals surface area (Å²) >= 11 is 1.97. The number of hydrogen-bond acceptors (Lipinski definition) is 4. The molecule has 3 aromatic rings. The third kappa shape index (κ3) is 5.29. The maximum atomic E-state index is 14.5. The van der Waals surface area contributed by atoms with Gasteiger partial charge in [-0.05, 0) is 76.5 Å². The van der Waals surface area contributed by atoms with Gasteiger partial charge in [0.2, 0.25) is 5.91 Å². The number of aryl methyl sites for hydroxylation is 1. The van der Waals surface area contributed by atoms with Crippen LogP contribution < -0.4 is 15.4 Å². The summed E-state index contributed by atoms with van der Waals surface area (Å²) in [6.07, 6.45) is 0.0823. The van der Waals surface area contributed by atoms with Gasteiger partial charge >= 0.3 is 6.03 Å². The van der Waals surface area contributed by atoms with Crippen LogP contribution in [0.1, 0.15) is 22.7 Å². The average molecular weight is 587 g/mol. The molecule has 2 N–H and O–H groups in total. The Kier molecular flexibility index (Phi) is 7.34. The number of nitrogens with one attached hydrogen (secondary N) is 2. The largest absolute Gasteiger partial charge is 0.497 e. The number of halogens is 2. The molecule has 180 valence electrons. The van der Waals surface area contributed by atoms with Gasteiger partial charge in [0.05, 0.1) is 12.8 Å². The summed E-state index contributed by atoms with van der Waals surface area (Å²) in [4.78, 5) is 40.7. The number of hydrogen-bond donors (Lipinski definition) is 2. The molecule has 0 aliphatic carbocycles. The molecule has 0 saturated carbocycles. The van der Waals surface area contributed by atoms with Crippen LogP contribution in [0.4, 0.5) is 14.9 Å². The molecule has 1 aliphatic rings. The van der Waals surface area contributed by atoms with E-state index in [-0.39, 0.29) is 12.1 Å². The molecule has 2 atom stereocenters. The van der Waals surface area contributed by atoms with Crippen LogP contribution in [-0.4, -0.2) is 35.9 Å². The highest BCUT2D eigenvalue weighted by molar-refractivity contribution is 14.1. The van der Waals surface area contributed by atoms with E-state index >= 15 is 0 Å². The zero-order chi connectivity index (χ0) is 25.1. The van der Waals surface area contributed by atoms with Crippen molar-refractivity contribution in [1.29, 1.82) is 0 Å². The summed E-state index contributed by atoms with van der Waals surface area (Å²) in [6.45, 7) is 1.88. The lowest BCUT2D eigenvalue weighted by atomic mass is 9.99. The number of carbonyl (C=O) groups is 3. The van der Waals surface area contributed by atoms with Gasteiger partial charge in [-0.1, -0.05) is 36.4 Å². The number of nitrogens with zero attached hydrogens (tertiary/aromatic N) is 1. The van der Waals surface area contributed by atoms with Crippen molar-refractivity contribution in [2.75, 3.05) is 12.4 Å². The molecule has 0 bridgehead atoms. The van der Waals surface area contributed by atoms with Gasteiger partial charge in [-0.2, -0.15) is 0 Å². The number of rotatable bonds is 7. The monoisotopic (exact) mass is 587 g/mol. The lowest BCUT2D eigenvalue weighted by molar-refractivity contribution is -0.134.